The summed E-state index contributed by atoms with van der Waals surface area (Å²) in [7, 11) is 2.17. The molecule has 1 spiro atoms. The Morgan fingerprint density at radius 3 is 2.89 bits per heavy atom. The summed E-state index contributed by atoms with van der Waals surface area (Å²) >= 11 is 4.30. The van der Waals surface area contributed by atoms with Gasteiger partial charge in [0.15, 0.2) is 0 Å². The molecule has 2 nitrogen and oxygen atoms in total. The molecule has 0 aromatic heterocycles. The van der Waals surface area contributed by atoms with E-state index in [1.165, 1.54) is 55.8 Å². The van der Waals surface area contributed by atoms with Crippen molar-refractivity contribution in [1.29, 1.82) is 0 Å². The molecule has 19 heavy (non-hydrogen) atoms. The highest BCUT2D eigenvalue weighted by Crippen LogP contribution is 2.43. The van der Waals surface area contributed by atoms with Crippen LogP contribution >= 0.6 is 23.5 Å². The van der Waals surface area contributed by atoms with Gasteiger partial charge in [0.05, 0.1) is 5.60 Å². The predicted octanol–water partition coefficient (Wildman–Crippen LogP) is 3.16. The average Bonchev–Trinajstić information content (AvgIpc) is 2.89. The first kappa shape index (κ1) is 14.6. The van der Waals surface area contributed by atoms with Gasteiger partial charge in [-0.3, -0.25) is 0 Å². The molecule has 3 heterocycles. The molecule has 0 aromatic rings. The van der Waals surface area contributed by atoms with E-state index in [0.717, 1.165) is 17.8 Å². The van der Waals surface area contributed by atoms with Crippen LogP contribution in [0.4, 0.5) is 0 Å². The van der Waals surface area contributed by atoms with Gasteiger partial charge in [-0.2, -0.15) is 23.5 Å². The maximum atomic E-state index is 6.18. The zero-order valence-electron chi connectivity index (χ0n) is 12.0. The predicted molar refractivity (Wildman–Crippen MR) is 86.3 cm³/mol. The minimum absolute atomic E-state index is 0.238. The van der Waals surface area contributed by atoms with Gasteiger partial charge in [0.25, 0.3) is 0 Å². The topological polar surface area (TPSA) is 21.3 Å². The Hall–Kier alpha value is 0.620. The molecule has 3 aliphatic rings. The second-order valence-corrected chi connectivity index (χ2v) is 8.76. The van der Waals surface area contributed by atoms with Crippen LogP contribution in [0.2, 0.25) is 0 Å². The minimum Gasteiger partial charge on any atom is -0.374 e. The standard InChI is InChI=1S/C15H27NOS2/c1-16-14(13-4-2-3-8-19-13)12-5-7-17-15(10-12)6-9-18-11-15/h12-14,16H,2-11H2,1H3. The first-order valence-electron chi connectivity index (χ1n) is 7.84. The Morgan fingerprint density at radius 1 is 1.26 bits per heavy atom. The van der Waals surface area contributed by atoms with Crippen molar-refractivity contribution in [2.45, 2.75) is 55.4 Å². The summed E-state index contributed by atoms with van der Waals surface area (Å²) in [4.78, 5) is 0. The summed E-state index contributed by atoms with van der Waals surface area (Å²) < 4.78 is 6.18. The van der Waals surface area contributed by atoms with Gasteiger partial charge in [-0.1, -0.05) is 6.42 Å². The molecule has 0 radical (unpaired) electrons. The molecule has 3 saturated heterocycles. The molecule has 0 saturated carbocycles. The quantitative estimate of drug-likeness (QED) is 0.864. The third-order valence-electron chi connectivity index (χ3n) is 5.05. The monoisotopic (exact) mass is 301 g/mol. The van der Waals surface area contributed by atoms with E-state index in [4.69, 9.17) is 4.74 Å². The second kappa shape index (κ2) is 6.59. The van der Waals surface area contributed by atoms with Gasteiger partial charge in [0, 0.05) is 23.7 Å². The van der Waals surface area contributed by atoms with E-state index >= 15 is 0 Å². The molecule has 3 aliphatic heterocycles. The molecule has 4 atom stereocenters. The fourth-order valence-electron chi connectivity index (χ4n) is 4.01. The summed E-state index contributed by atoms with van der Waals surface area (Å²) in [5.41, 5.74) is 0.238. The van der Waals surface area contributed by atoms with Crippen molar-refractivity contribution >= 4 is 23.5 Å². The van der Waals surface area contributed by atoms with E-state index in [2.05, 4.69) is 35.9 Å². The maximum absolute atomic E-state index is 6.18. The number of ether oxygens (including phenoxy) is 1. The van der Waals surface area contributed by atoms with E-state index in [1.807, 2.05) is 0 Å². The third kappa shape index (κ3) is 3.28. The molecule has 3 fully saturated rings. The second-order valence-electron chi connectivity index (χ2n) is 6.31. The van der Waals surface area contributed by atoms with Gasteiger partial charge in [-0.05, 0) is 56.6 Å². The molecular formula is C15H27NOS2. The van der Waals surface area contributed by atoms with Gasteiger partial charge in [0.1, 0.15) is 0 Å². The average molecular weight is 302 g/mol. The summed E-state index contributed by atoms with van der Waals surface area (Å²) in [6, 6.07) is 0.705. The summed E-state index contributed by atoms with van der Waals surface area (Å²) in [5, 5.41) is 4.51. The first-order chi connectivity index (χ1) is 9.33. The Balaban J connectivity index is 1.64. The Bertz CT molecular complexity index is 288. The summed E-state index contributed by atoms with van der Waals surface area (Å²) in [6.07, 6.45) is 8.10. The number of nitrogens with one attached hydrogen (secondary N) is 1. The van der Waals surface area contributed by atoms with Crippen LogP contribution in [-0.2, 0) is 4.74 Å². The van der Waals surface area contributed by atoms with Crippen molar-refractivity contribution in [2.24, 2.45) is 5.92 Å². The minimum atomic E-state index is 0.238. The van der Waals surface area contributed by atoms with E-state index in [-0.39, 0.29) is 5.60 Å². The van der Waals surface area contributed by atoms with Crippen molar-refractivity contribution in [2.75, 3.05) is 30.9 Å². The normalized spacial score (nSPS) is 41.5. The van der Waals surface area contributed by atoms with Crippen LogP contribution in [0.1, 0.15) is 38.5 Å². The fourth-order valence-corrected chi connectivity index (χ4v) is 6.96. The zero-order valence-corrected chi connectivity index (χ0v) is 13.7. The highest BCUT2D eigenvalue weighted by Gasteiger charge is 2.43. The Kier molecular flexibility index (Phi) is 5.05. The van der Waals surface area contributed by atoms with Gasteiger partial charge in [-0.25, -0.2) is 0 Å². The highest BCUT2D eigenvalue weighted by atomic mass is 32.2. The van der Waals surface area contributed by atoms with Crippen LogP contribution in [0.15, 0.2) is 0 Å². The highest BCUT2D eigenvalue weighted by molar-refractivity contribution is 8.00. The van der Waals surface area contributed by atoms with E-state index in [0.29, 0.717) is 6.04 Å². The lowest BCUT2D eigenvalue weighted by Gasteiger charge is -2.43. The van der Waals surface area contributed by atoms with Gasteiger partial charge in [-0.15, -0.1) is 0 Å². The molecule has 110 valence electrons. The van der Waals surface area contributed by atoms with Crippen molar-refractivity contribution in [3.05, 3.63) is 0 Å². The maximum Gasteiger partial charge on any atom is 0.0783 e. The largest absolute Gasteiger partial charge is 0.374 e. The molecule has 1 N–H and O–H groups in total. The number of rotatable bonds is 3. The Labute approximate surface area is 126 Å². The molecule has 0 bridgehead atoms. The molecule has 0 aliphatic carbocycles. The van der Waals surface area contributed by atoms with Gasteiger partial charge >= 0.3 is 0 Å². The lowest BCUT2D eigenvalue weighted by Crippen LogP contribution is -2.50. The molecular weight excluding hydrogens is 274 g/mol. The van der Waals surface area contributed by atoms with Crippen LogP contribution in [0, 0.1) is 5.92 Å². The SMILES string of the molecule is CNC(C1CCOC2(CCSC2)C1)C1CCCCS1. The lowest BCUT2D eigenvalue weighted by atomic mass is 9.79. The lowest BCUT2D eigenvalue weighted by molar-refractivity contribution is -0.0849. The summed E-state index contributed by atoms with van der Waals surface area (Å²) in [5.74, 6) is 4.73. The van der Waals surface area contributed by atoms with E-state index in [1.54, 1.807) is 0 Å². The molecule has 0 aromatic carbocycles. The number of hydrogen-bond donors (Lipinski definition) is 1. The first-order valence-corrected chi connectivity index (χ1v) is 10.0. The van der Waals surface area contributed by atoms with Gasteiger partial charge in [0.2, 0.25) is 0 Å². The van der Waals surface area contributed by atoms with Crippen LogP contribution < -0.4 is 5.32 Å². The smallest absolute Gasteiger partial charge is 0.0783 e. The van der Waals surface area contributed by atoms with Crippen molar-refractivity contribution < 1.29 is 4.74 Å². The van der Waals surface area contributed by atoms with Crippen LogP contribution in [0.25, 0.3) is 0 Å². The van der Waals surface area contributed by atoms with Crippen molar-refractivity contribution in [3.8, 4) is 0 Å². The van der Waals surface area contributed by atoms with Crippen molar-refractivity contribution in [1.82, 2.24) is 5.32 Å². The molecule has 4 heteroatoms. The fraction of sp³-hybridized carbons (Fsp3) is 1.00. The summed E-state index contributed by atoms with van der Waals surface area (Å²) in [6.45, 7) is 0.987. The Morgan fingerprint density at radius 2 is 2.21 bits per heavy atom. The van der Waals surface area contributed by atoms with E-state index in [9.17, 15) is 0 Å². The van der Waals surface area contributed by atoms with E-state index < -0.39 is 0 Å². The number of hydrogen-bond acceptors (Lipinski definition) is 4. The van der Waals surface area contributed by atoms with Crippen molar-refractivity contribution in [3.63, 3.8) is 0 Å². The van der Waals surface area contributed by atoms with Crippen LogP contribution in [-0.4, -0.2) is 47.8 Å². The zero-order chi connectivity index (χ0) is 13.1. The van der Waals surface area contributed by atoms with Gasteiger partial charge < -0.3 is 10.1 Å². The molecule has 4 unspecified atom stereocenters. The molecule has 0 amide bonds. The van der Waals surface area contributed by atoms with Crippen LogP contribution in [0.3, 0.4) is 0 Å². The number of thioether (sulfide) groups is 2. The third-order valence-corrected chi connectivity index (χ3v) is 7.76. The molecule has 3 rings (SSSR count). The van der Waals surface area contributed by atoms with Crippen LogP contribution in [0.5, 0.6) is 0 Å².